The predicted molar refractivity (Wildman–Crippen MR) is 79.5 cm³/mol. The Morgan fingerprint density at radius 3 is 2.78 bits per heavy atom. The normalized spacial score (nSPS) is 33.0. The topological polar surface area (TPSA) is 12.0 Å². The number of fused-ring (bicyclic) bond motifs is 4. The third-order valence-electron chi connectivity index (χ3n) is 5.64. The molecule has 1 saturated heterocycles. The lowest BCUT2D eigenvalue weighted by atomic mass is 9.51. The van der Waals surface area contributed by atoms with E-state index in [-0.39, 0.29) is 0 Å². The summed E-state index contributed by atoms with van der Waals surface area (Å²) in [5, 5.41) is 3.74. The molecule has 2 aliphatic rings. The molecule has 3 rings (SSSR count). The standard InChI is InChI=1S/C16H23NS/c1-15(2)14-10-11-9-12(18-4)5-6-13(11)16(15,3)7-8-17-14/h5-6,9,14,17H,7-8,10H2,1-4H3/t14-,16+/m1/s1. The zero-order chi connectivity index (χ0) is 13.0. The first-order chi connectivity index (χ1) is 8.49. The van der Waals surface area contributed by atoms with Crippen LogP contribution in [-0.2, 0) is 11.8 Å². The molecule has 1 aromatic rings. The van der Waals surface area contributed by atoms with Crippen molar-refractivity contribution in [1.29, 1.82) is 0 Å². The van der Waals surface area contributed by atoms with Gasteiger partial charge in [-0.3, -0.25) is 0 Å². The molecule has 18 heavy (non-hydrogen) atoms. The van der Waals surface area contributed by atoms with Gasteiger partial charge in [0.2, 0.25) is 0 Å². The van der Waals surface area contributed by atoms with Crippen LogP contribution in [0.3, 0.4) is 0 Å². The molecule has 2 heteroatoms. The number of rotatable bonds is 1. The van der Waals surface area contributed by atoms with Gasteiger partial charge in [-0.1, -0.05) is 26.8 Å². The lowest BCUT2D eigenvalue weighted by Gasteiger charge is -2.57. The molecule has 1 aliphatic carbocycles. The molecule has 0 aromatic heterocycles. The summed E-state index contributed by atoms with van der Waals surface area (Å²) in [6.07, 6.45) is 4.60. The van der Waals surface area contributed by atoms with Gasteiger partial charge in [0.1, 0.15) is 0 Å². The zero-order valence-corrected chi connectivity index (χ0v) is 12.7. The van der Waals surface area contributed by atoms with Gasteiger partial charge in [-0.2, -0.15) is 0 Å². The molecule has 1 heterocycles. The maximum absolute atomic E-state index is 3.74. The van der Waals surface area contributed by atoms with Crippen molar-refractivity contribution in [3.05, 3.63) is 29.3 Å². The average molecular weight is 261 g/mol. The SMILES string of the molecule is CSc1ccc2c(c1)C[C@H]1NCC[C@]2(C)C1(C)C. The molecular weight excluding hydrogens is 238 g/mol. The molecule has 1 N–H and O–H groups in total. The fourth-order valence-corrected chi connectivity index (χ4v) is 4.36. The summed E-state index contributed by atoms with van der Waals surface area (Å²) in [6.45, 7) is 8.51. The van der Waals surface area contributed by atoms with Crippen LogP contribution < -0.4 is 5.32 Å². The Bertz CT molecular complexity index is 480. The molecule has 1 aliphatic heterocycles. The number of hydrogen-bond donors (Lipinski definition) is 1. The van der Waals surface area contributed by atoms with E-state index in [2.05, 4.69) is 50.5 Å². The second-order valence-electron chi connectivity index (χ2n) is 6.54. The summed E-state index contributed by atoms with van der Waals surface area (Å²) < 4.78 is 0. The fraction of sp³-hybridized carbons (Fsp3) is 0.625. The molecule has 1 aromatic carbocycles. The highest BCUT2D eigenvalue weighted by Gasteiger charge is 2.53. The summed E-state index contributed by atoms with van der Waals surface area (Å²) >= 11 is 1.85. The van der Waals surface area contributed by atoms with Crippen LogP contribution in [0.2, 0.25) is 0 Å². The summed E-state index contributed by atoms with van der Waals surface area (Å²) in [5.41, 5.74) is 3.84. The fourth-order valence-electron chi connectivity index (χ4n) is 3.89. The van der Waals surface area contributed by atoms with Crippen LogP contribution in [0.1, 0.15) is 38.3 Å². The van der Waals surface area contributed by atoms with Crippen molar-refractivity contribution in [2.75, 3.05) is 12.8 Å². The van der Waals surface area contributed by atoms with Gasteiger partial charge >= 0.3 is 0 Å². The molecule has 0 unspecified atom stereocenters. The smallest absolute Gasteiger partial charge is 0.0167 e. The Morgan fingerprint density at radius 1 is 1.28 bits per heavy atom. The van der Waals surface area contributed by atoms with Crippen LogP contribution in [-0.4, -0.2) is 18.8 Å². The van der Waals surface area contributed by atoms with E-state index in [4.69, 9.17) is 0 Å². The highest BCUT2D eigenvalue weighted by Crippen LogP contribution is 2.53. The molecule has 0 spiro atoms. The summed E-state index contributed by atoms with van der Waals surface area (Å²) in [4.78, 5) is 1.40. The third-order valence-corrected chi connectivity index (χ3v) is 6.37. The molecule has 0 amide bonds. The van der Waals surface area contributed by atoms with Gasteiger partial charge in [-0.15, -0.1) is 11.8 Å². The van der Waals surface area contributed by atoms with Gasteiger partial charge in [0.15, 0.2) is 0 Å². The largest absolute Gasteiger partial charge is 0.313 e. The van der Waals surface area contributed by atoms with Gasteiger partial charge in [0, 0.05) is 16.4 Å². The molecule has 0 radical (unpaired) electrons. The quantitative estimate of drug-likeness (QED) is 0.775. The number of piperidine rings is 1. The molecule has 0 saturated carbocycles. The Labute approximate surface area is 115 Å². The van der Waals surface area contributed by atoms with Gasteiger partial charge < -0.3 is 5.32 Å². The van der Waals surface area contributed by atoms with E-state index in [1.807, 2.05) is 11.8 Å². The molecule has 1 nitrogen and oxygen atoms in total. The van der Waals surface area contributed by atoms with E-state index in [0.29, 0.717) is 16.9 Å². The third kappa shape index (κ3) is 1.51. The molecule has 2 atom stereocenters. The lowest BCUT2D eigenvalue weighted by Crippen LogP contribution is -2.62. The Balaban J connectivity index is 2.17. The molecular formula is C16H23NS. The van der Waals surface area contributed by atoms with Gasteiger partial charge in [-0.05, 0) is 54.3 Å². The van der Waals surface area contributed by atoms with Crippen LogP contribution in [0.5, 0.6) is 0 Å². The molecule has 2 bridgehead atoms. The second kappa shape index (κ2) is 4.01. The van der Waals surface area contributed by atoms with E-state index in [9.17, 15) is 0 Å². The monoisotopic (exact) mass is 261 g/mol. The van der Waals surface area contributed by atoms with Crippen molar-refractivity contribution in [1.82, 2.24) is 5.32 Å². The minimum absolute atomic E-state index is 0.327. The van der Waals surface area contributed by atoms with Crippen LogP contribution in [0.15, 0.2) is 23.1 Å². The van der Waals surface area contributed by atoms with Gasteiger partial charge in [0.25, 0.3) is 0 Å². The van der Waals surface area contributed by atoms with Gasteiger partial charge in [0.05, 0.1) is 0 Å². The van der Waals surface area contributed by atoms with E-state index in [0.717, 1.165) is 6.54 Å². The number of nitrogens with one attached hydrogen (secondary N) is 1. The highest BCUT2D eigenvalue weighted by molar-refractivity contribution is 7.98. The Kier molecular flexibility index (Phi) is 2.80. The number of benzene rings is 1. The van der Waals surface area contributed by atoms with E-state index in [1.54, 1.807) is 11.1 Å². The second-order valence-corrected chi connectivity index (χ2v) is 7.42. The summed E-state index contributed by atoms with van der Waals surface area (Å²) in [5.74, 6) is 0. The van der Waals surface area contributed by atoms with E-state index < -0.39 is 0 Å². The van der Waals surface area contributed by atoms with Crippen LogP contribution in [0.4, 0.5) is 0 Å². The van der Waals surface area contributed by atoms with Gasteiger partial charge in [-0.25, -0.2) is 0 Å². The van der Waals surface area contributed by atoms with E-state index >= 15 is 0 Å². The van der Waals surface area contributed by atoms with Crippen LogP contribution in [0, 0.1) is 5.41 Å². The van der Waals surface area contributed by atoms with Crippen molar-refractivity contribution < 1.29 is 0 Å². The first-order valence-electron chi connectivity index (χ1n) is 6.90. The predicted octanol–water partition coefficient (Wildman–Crippen LogP) is 3.61. The van der Waals surface area contributed by atoms with Crippen LogP contribution >= 0.6 is 11.8 Å². The summed E-state index contributed by atoms with van der Waals surface area (Å²) in [6, 6.07) is 7.73. The van der Waals surface area contributed by atoms with Crippen molar-refractivity contribution in [2.24, 2.45) is 5.41 Å². The number of hydrogen-bond acceptors (Lipinski definition) is 2. The van der Waals surface area contributed by atoms with Crippen molar-refractivity contribution >= 4 is 11.8 Å². The first kappa shape index (κ1) is 12.6. The first-order valence-corrected chi connectivity index (χ1v) is 8.12. The molecule has 98 valence electrons. The zero-order valence-electron chi connectivity index (χ0n) is 11.8. The van der Waals surface area contributed by atoms with Crippen LogP contribution in [0.25, 0.3) is 0 Å². The summed E-state index contributed by atoms with van der Waals surface area (Å²) in [7, 11) is 0. The van der Waals surface area contributed by atoms with E-state index in [1.165, 1.54) is 17.7 Å². The molecule has 1 fully saturated rings. The van der Waals surface area contributed by atoms with Crippen molar-refractivity contribution in [3.63, 3.8) is 0 Å². The Morgan fingerprint density at radius 2 is 2.06 bits per heavy atom. The maximum Gasteiger partial charge on any atom is 0.0167 e. The van der Waals surface area contributed by atoms with Crippen molar-refractivity contribution in [2.45, 2.75) is 50.0 Å². The maximum atomic E-state index is 3.74. The average Bonchev–Trinajstić information content (AvgIpc) is 2.33. The minimum atomic E-state index is 0.327. The number of thioether (sulfide) groups is 1. The highest BCUT2D eigenvalue weighted by atomic mass is 32.2. The minimum Gasteiger partial charge on any atom is -0.313 e. The Hall–Kier alpha value is -0.470. The van der Waals surface area contributed by atoms with Crippen molar-refractivity contribution in [3.8, 4) is 0 Å². The lowest BCUT2D eigenvalue weighted by molar-refractivity contribution is 0.0558.